The lowest BCUT2D eigenvalue weighted by Gasteiger charge is -2.34. The van der Waals surface area contributed by atoms with E-state index in [0.717, 1.165) is 48.6 Å². The van der Waals surface area contributed by atoms with Gasteiger partial charge in [-0.15, -0.1) is 0 Å². The summed E-state index contributed by atoms with van der Waals surface area (Å²) in [5.41, 5.74) is 4.31. The first kappa shape index (κ1) is 23.0. The number of hydrogen-bond acceptors (Lipinski definition) is 5. The third kappa shape index (κ3) is 4.66. The number of anilines is 2. The lowest BCUT2D eigenvalue weighted by atomic mass is 10.0. The molecule has 1 fully saturated rings. The van der Waals surface area contributed by atoms with E-state index in [1.807, 2.05) is 19.3 Å². The van der Waals surface area contributed by atoms with Gasteiger partial charge in [-0.2, -0.15) is 5.10 Å². The van der Waals surface area contributed by atoms with Gasteiger partial charge in [-0.3, -0.25) is 14.3 Å². The Labute approximate surface area is 195 Å². The quantitative estimate of drug-likeness (QED) is 0.654. The van der Waals surface area contributed by atoms with Crippen LogP contribution in [0.5, 0.6) is 0 Å². The van der Waals surface area contributed by atoms with Crippen LogP contribution in [0.15, 0.2) is 36.3 Å². The second kappa shape index (κ2) is 9.39. The predicted octanol–water partition coefficient (Wildman–Crippen LogP) is 3.82. The van der Waals surface area contributed by atoms with Crippen LogP contribution in [0, 0.1) is 0 Å². The topological polar surface area (TPSA) is 82.5 Å². The van der Waals surface area contributed by atoms with Crippen LogP contribution in [-0.4, -0.2) is 64.6 Å². The SMILES string of the molecule is CCC(Nc1cnn(C2CCN(C(C)C)CC2)c1)=C1C(=O)Nc2ccc(C(=O)N(C)C)cc21. The zero-order chi connectivity index (χ0) is 23.7. The fraction of sp³-hybridized carbons (Fsp3) is 0.480. The van der Waals surface area contributed by atoms with Crippen molar-refractivity contribution in [1.29, 1.82) is 0 Å². The third-order valence-electron chi connectivity index (χ3n) is 6.57. The van der Waals surface area contributed by atoms with Gasteiger partial charge in [-0.25, -0.2) is 0 Å². The molecule has 0 radical (unpaired) electrons. The summed E-state index contributed by atoms with van der Waals surface area (Å²) in [6.45, 7) is 8.67. The molecule has 1 aromatic heterocycles. The lowest BCUT2D eigenvalue weighted by molar-refractivity contribution is -0.110. The molecule has 2 aromatic rings. The lowest BCUT2D eigenvalue weighted by Crippen LogP contribution is -2.39. The molecule has 33 heavy (non-hydrogen) atoms. The molecule has 2 amide bonds. The Morgan fingerprint density at radius 3 is 2.64 bits per heavy atom. The number of nitrogens with one attached hydrogen (secondary N) is 2. The number of hydrogen-bond donors (Lipinski definition) is 2. The Morgan fingerprint density at radius 2 is 2.00 bits per heavy atom. The van der Waals surface area contributed by atoms with Crippen LogP contribution < -0.4 is 10.6 Å². The maximum absolute atomic E-state index is 12.8. The number of likely N-dealkylation sites (tertiary alicyclic amines) is 1. The van der Waals surface area contributed by atoms with Gasteiger partial charge < -0.3 is 20.4 Å². The number of amides is 2. The van der Waals surface area contributed by atoms with Crippen LogP contribution >= 0.6 is 0 Å². The summed E-state index contributed by atoms with van der Waals surface area (Å²) >= 11 is 0. The van der Waals surface area contributed by atoms with Crippen molar-refractivity contribution in [2.24, 2.45) is 0 Å². The number of benzene rings is 1. The standard InChI is InChI=1S/C25H34N6O2/c1-6-21(23-20-13-17(25(33)29(4)5)7-8-22(20)28-24(23)32)27-18-14-26-31(15-18)19-9-11-30(12-10-19)16(2)3/h7-8,13-16,19,27H,6,9-12H2,1-5H3,(H,28,32). The van der Waals surface area contributed by atoms with Gasteiger partial charge in [0.15, 0.2) is 0 Å². The second-order valence-corrected chi connectivity index (χ2v) is 9.32. The Morgan fingerprint density at radius 1 is 1.27 bits per heavy atom. The molecule has 3 heterocycles. The summed E-state index contributed by atoms with van der Waals surface area (Å²) in [4.78, 5) is 29.3. The molecule has 8 nitrogen and oxygen atoms in total. The third-order valence-corrected chi connectivity index (χ3v) is 6.57. The molecule has 0 aliphatic carbocycles. The fourth-order valence-corrected chi connectivity index (χ4v) is 4.63. The molecule has 2 aliphatic heterocycles. The number of rotatable bonds is 6. The molecule has 0 spiro atoms. The van der Waals surface area contributed by atoms with Crippen LogP contribution in [0.25, 0.3) is 5.57 Å². The zero-order valence-corrected chi connectivity index (χ0v) is 20.2. The zero-order valence-electron chi connectivity index (χ0n) is 20.2. The monoisotopic (exact) mass is 450 g/mol. The summed E-state index contributed by atoms with van der Waals surface area (Å²) in [6.07, 6.45) is 6.67. The van der Waals surface area contributed by atoms with Crippen LogP contribution in [0.1, 0.15) is 62.0 Å². The first-order valence-electron chi connectivity index (χ1n) is 11.7. The van der Waals surface area contributed by atoms with E-state index in [1.165, 1.54) is 4.90 Å². The first-order chi connectivity index (χ1) is 15.8. The van der Waals surface area contributed by atoms with E-state index in [-0.39, 0.29) is 11.8 Å². The molecule has 176 valence electrons. The molecule has 0 unspecified atom stereocenters. The highest BCUT2D eigenvalue weighted by Gasteiger charge is 2.29. The van der Waals surface area contributed by atoms with E-state index in [0.29, 0.717) is 29.6 Å². The van der Waals surface area contributed by atoms with Crippen molar-refractivity contribution in [1.82, 2.24) is 19.6 Å². The maximum atomic E-state index is 12.8. The minimum atomic E-state index is -0.155. The second-order valence-electron chi connectivity index (χ2n) is 9.32. The van der Waals surface area contributed by atoms with Crippen molar-refractivity contribution in [3.05, 3.63) is 47.4 Å². The highest BCUT2D eigenvalue weighted by atomic mass is 16.2. The average molecular weight is 451 g/mol. The largest absolute Gasteiger partial charge is 0.356 e. The number of fused-ring (bicyclic) bond motifs is 1. The molecule has 4 rings (SSSR count). The van der Waals surface area contributed by atoms with E-state index in [9.17, 15) is 9.59 Å². The summed E-state index contributed by atoms with van der Waals surface area (Å²) in [7, 11) is 3.44. The smallest absolute Gasteiger partial charge is 0.258 e. The van der Waals surface area contributed by atoms with Crippen LogP contribution in [0.2, 0.25) is 0 Å². The number of carbonyl (C=O) groups is 2. The van der Waals surface area contributed by atoms with E-state index in [2.05, 4.69) is 39.2 Å². The van der Waals surface area contributed by atoms with Gasteiger partial charge in [0.25, 0.3) is 11.8 Å². The Hall–Kier alpha value is -3.13. The summed E-state index contributed by atoms with van der Waals surface area (Å²) in [5.74, 6) is -0.246. The van der Waals surface area contributed by atoms with Crippen LogP contribution in [0.4, 0.5) is 11.4 Å². The summed E-state index contributed by atoms with van der Waals surface area (Å²) < 4.78 is 2.05. The van der Waals surface area contributed by atoms with Gasteiger partial charge in [0.05, 0.1) is 23.5 Å². The minimum Gasteiger partial charge on any atom is -0.356 e. The molecule has 1 saturated heterocycles. The summed E-state index contributed by atoms with van der Waals surface area (Å²) in [5, 5.41) is 11.0. The van der Waals surface area contributed by atoms with Gasteiger partial charge in [0, 0.05) is 61.9 Å². The first-order valence-corrected chi connectivity index (χ1v) is 11.7. The van der Waals surface area contributed by atoms with Gasteiger partial charge in [0.1, 0.15) is 0 Å². The highest BCUT2D eigenvalue weighted by Crippen LogP contribution is 2.36. The Kier molecular flexibility index (Phi) is 6.56. The normalized spacial score (nSPS) is 18.3. The van der Waals surface area contributed by atoms with E-state index in [4.69, 9.17) is 0 Å². The van der Waals surface area contributed by atoms with Crippen molar-refractivity contribution in [3.8, 4) is 0 Å². The number of allylic oxidation sites excluding steroid dienone is 1. The van der Waals surface area contributed by atoms with E-state index >= 15 is 0 Å². The molecule has 0 bridgehead atoms. The number of piperidine rings is 1. The van der Waals surface area contributed by atoms with Crippen LogP contribution in [-0.2, 0) is 4.79 Å². The Bertz CT molecular complexity index is 1080. The minimum absolute atomic E-state index is 0.0905. The average Bonchev–Trinajstić information content (AvgIpc) is 3.40. The fourth-order valence-electron chi connectivity index (χ4n) is 4.63. The van der Waals surface area contributed by atoms with Crippen molar-refractivity contribution in [2.75, 3.05) is 37.8 Å². The predicted molar refractivity (Wildman–Crippen MR) is 131 cm³/mol. The summed E-state index contributed by atoms with van der Waals surface area (Å²) in [6, 6.07) is 6.31. The number of carbonyl (C=O) groups excluding carboxylic acids is 2. The van der Waals surface area contributed by atoms with Crippen molar-refractivity contribution in [2.45, 2.75) is 52.1 Å². The molecular formula is C25H34N6O2. The number of nitrogens with zero attached hydrogens (tertiary/aromatic N) is 4. The van der Waals surface area contributed by atoms with Crippen LogP contribution in [0.3, 0.4) is 0 Å². The molecule has 1 aromatic carbocycles. The van der Waals surface area contributed by atoms with Gasteiger partial charge >= 0.3 is 0 Å². The number of aromatic nitrogens is 2. The van der Waals surface area contributed by atoms with Crippen molar-refractivity contribution in [3.63, 3.8) is 0 Å². The van der Waals surface area contributed by atoms with Gasteiger partial charge in [0.2, 0.25) is 0 Å². The molecular weight excluding hydrogens is 416 g/mol. The van der Waals surface area contributed by atoms with Crippen molar-refractivity contribution < 1.29 is 9.59 Å². The molecule has 2 aliphatic rings. The molecule has 0 saturated carbocycles. The van der Waals surface area contributed by atoms with Gasteiger partial charge in [-0.1, -0.05) is 6.92 Å². The molecule has 2 N–H and O–H groups in total. The molecule has 8 heteroatoms. The Balaban J connectivity index is 1.57. The van der Waals surface area contributed by atoms with E-state index in [1.54, 1.807) is 32.3 Å². The maximum Gasteiger partial charge on any atom is 0.258 e. The highest BCUT2D eigenvalue weighted by molar-refractivity contribution is 6.32. The van der Waals surface area contributed by atoms with Crippen molar-refractivity contribution >= 4 is 28.8 Å². The van der Waals surface area contributed by atoms with E-state index < -0.39 is 0 Å². The molecule has 0 atom stereocenters. The van der Waals surface area contributed by atoms with Gasteiger partial charge in [-0.05, 0) is 51.3 Å².